The Morgan fingerprint density at radius 3 is 1.77 bits per heavy atom. The monoisotopic (exact) mass is 1130 g/mol. The van der Waals surface area contributed by atoms with Crippen molar-refractivity contribution in [1.82, 2.24) is 36.8 Å². The normalized spacial score (nSPS) is 16.0. The van der Waals surface area contributed by atoms with E-state index in [1.807, 2.05) is 19.1 Å². The average Bonchev–Trinajstić information content (AvgIpc) is 3.38. The second kappa shape index (κ2) is 30.3. The molecule has 21 heteroatoms. The van der Waals surface area contributed by atoms with Crippen molar-refractivity contribution in [3.63, 3.8) is 0 Å². The van der Waals surface area contributed by atoms with Gasteiger partial charge in [0.1, 0.15) is 65.7 Å². The molecular formula is C60H87N7O14. The molecule has 7 amide bonds. The van der Waals surface area contributed by atoms with Gasteiger partial charge >= 0.3 is 24.2 Å². The van der Waals surface area contributed by atoms with Gasteiger partial charge in [0.05, 0.1) is 20.2 Å². The molecule has 1 aliphatic rings. The molecule has 0 spiro atoms. The van der Waals surface area contributed by atoms with Crippen LogP contribution in [0.2, 0.25) is 0 Å². The second-order valence-electron chi connectivity index (χ2n) is 23.1. The molecule has 0 radical (unpaired) electrons. The van der Waals surface area contributed by atoms with Gasteiger partial charge in [-0.05, 0) is 148 Å². The number of amides is 7. The first kappa shape index (κ1) is 65.9. The van der Waals surface area contributed by atoms with Crippen molar-refractivity contribution in [2.24, 2.45) is 0 Å². The lowest BCUT2D eigenvalue weighted by Gasteiger charge is -2.33. The third-order valence-electron chi connectivity index (χ3n) is 12.5. The van der Waals surface area contributed by atoms with Gasteiger partial charge in [0, 0.05) is 36.7 Å². The molecule has 0 saturated heterocycles. The maximum Gasteiger partial charge on any atom is 0.407 e. The van der Waals surface area contributed by atoms with E-state index in [0.717, 1.165) is 42.6 Å². The Morgan fingerprint density at radius 2 is 1.22 bits per heavy atom. The van der Waals surface area contributed by atoms with Crippen molar-refractivity contribution in [2.75, 3.05) is 47.0 Å². The highest BCUT2D eigenvalue weighted by molar-refractivity contribution is 6.00. The van der Waals surface area contributed by atoms with Gasteiger partial charge in [-0.25, -0.2) is 19.2 Å². The predicted molar refractivity (Wildman–Crippen MR) is 306 cm³/mol. The van der Waals surface area contributed by atoms with E-state index in [1.54, 1.807) is 105 Å². The van der Waals surface area contributed by atoms with E-state index in [0.29, 0.717) is 27.8 Å². The zero-order chi connectivity index (χ0) is 60.2. The van der Waals surface area contributed by atoms with Gasteiger partial charge in [-0.1, -0.05) is 56.9 Å². The summed E-state index contributed by atoms with van der Waals surface area (Å²) in [6.07, 6.45) is 4.12. The summed E-state index contributed by atoms with van der Waals surface area (Å²) in [7, 11) is 2.56. The summed E-state index contributed by atoms with van der Waals surface area (Å²) >= 11 is 0. The molecule has 1 aliphatic heterocycles. The van der Waals surface area contributed by atoms with E-state index in [9.17, 15) is 33.6 Å². The van der Waals surface area contributed by atoms with E-state index in [-0.39, 0.29) is 62.8 Å². The van der Waals surface area contributed by atoms with Gasteiger partial charge in [-0.15, -0.1) is 0 Å². The molecule has 3 aromatic carbocycles. The minimum Gasteiger partial charge on any atom is -0.491 e. The number of likely N-dealkylation sites (N-methyl/N-ethyl adjacent to an activating group) is 1. The van der Waals surface area contributed by atoms with Crippen LogP contribution in [0.4, 0.5) is 14.4 Å². The molecule has 4 rings (SSSR count). The number of hydrogen-bond donors (Lipinski definition) is 6. The summed E-state index contributed by atoms with van der Waals surface area (Å²) in [5, 5.41) is 16.3. The minimum atomic E-state index is -1.53. The Hall–Kier alpha value is -7.58. The number of esters is 1. The van der Waals surface area contributed by atoms with E-state index in [1.165, 1.54) is 27.5 Å². The zero-order valence-electron chi connectivity index (χ0n) is 49.9. The highest BCUT2D eigenvalue weighted by atomic mass is 16.6. The first-order chi connectivity index (χ1) is 38.0. The number of alkyl carbamates (subject to hydrolysis) is 3. The van der Waals surface area contributed by atoms with Gasteiger partial charge in [0.2, 0.25) is 17.7 Å². The highest BCUT2D eigenvalue weighted by Crippen LogP contribution is 2.40. The first-order valence-corrected chi connectivity index (χ1v) is 27.8. The van der Waals surface area contributed by atoms with Crippen LogP contribution in [0.1, 0.15) is 153 Å². The largest absolute Gasteiger partial charge is 0.491 e. The molecular weight excluding hydrogens is 1040 g/mol. The number of rotatable bonds is 22. The van der Waals surface area contributed by atoms with Crippen molar-refractivity contribution in [3.8, 4) is 22.6 Å². The lowest BCUT2D eigenvalue weighted by Crippen LogP contribution is -2.55. The number of hydrogen-bond acceptors (Lipinski definition) is 14. The number of aryl methyl sites for hydroxylation is 2. The molecule has 21 nitrogen and oxygen atoms in total. The van der Waals surface area contributed by atoms with Crippen LogP contribution in [0.3, 0.4) is 0 Å². The summed E-state index contributed by atoms with van der Waals surface area (Å²) in [6, 6.07) is 10.0. The Morgan fingerprint density at radius 1 is 0.679 bits per heavy atom. The number of benzene rings is 3. The molecule has 0 aliphatic carbocycles. The number of unbranched alkanes of at least 4 members (excludes halogenated alkanes) is 4. The van der Waals surface area contributed by atoms with Crippen LogP contribution in [0.25, 0.3) is 11.1 Å². The van der Waals surface area contributed by atoms with Crippen LogP contribution in [-0.2, 0) is 51.0 Å². The van der Waals surface area contributed by atoms with Crippen LogP contribution < -0.4 is 41.4 Å². The Balaban J connectivity index is 1.88. The van der Waals surface area contributed by atoms with Gasteiger partial charge in [-0.2, -0.15) is 0 Å². The molecule has 4 bridgehead atoms. The number of nitrogens with zero attached hydrogens (tertiary/aromatic N) is 1. The molecule has 4 atom stereocenters. The molecule has 0 fully saturated rings. The number of ether oxygens (including phenoxy) is 6. The first-order valence-electron chi connectivity index (χ1n) is 27.8. The van der Waals surface area contributed by atoms with Crippen molar-refractivity contribution < 1.29 is 66.8 Å². The van der Waals surface area contributed by atoms with Crippen LogP contribution in [0.5, 0.6) is 11.5 Å². The molecule has 1 heterocycles. The SMILES string of the molecule is CCCCCCCc1ccc(C(=O)N[C@@H](CCNC(=O)OC(C)(C)C)C(=O)N(C)[C@@H]2C(=O)N[C@@H](C)C(=O)N[C@H](C(=O)OC)Cc3ccc(OCCNC(=O)OC(C)(C)C)c(c3)-c3cc2ccc3OCCNC(=O)OC(C)(C)C)c(C)c1. The topological polar surface area (TPSA) is 267 Å². The fourth-order valence-electron chi connectivity index (χ4n) is 8.70. The van der Waals surface area contributed by atoms with Gasteiger partial charge < -0.3 is 65.2 Å². The lowest BCUT2D eigenvalue weighted by molar-refractivity contribution is -0.145. The Labute approximate surface area is 477 Å². The van der Waals surface area contributed by atoms with Crippen LogP contribution in [-0.4, -0.2) is 135 Å². The number of fused-ring (bicyclic) bond motifs is 5. The smallest absolute Gasteiger partial charge is 0.407 e. The van der Waals surface area contributed by atoms with E-state index in [4.69, 9.17) is 28.4 Å². The van der Waals surface area contributed by atoms with E-state index >= 15 is 4.79 Å². The molecule has 6 N–H and O–H groups in total. The van der Waals surface area contributed by atoms with Crippen molar-refractivity contribution in [3.05, 3.63) is 82.4 Å². The number of carbonyl (C=O) groups is 8. The average molecular weight is 1130 g/mol. The Kier molecular flexibility index (Phi) is 24.7. The fraction of sp³-hybridized carbons (Fsp3) is 0.567. The standard InChI is InChI=1S/C60H87N7O14/c1-15-16-17-18-19-20-39-21-24-42(37(2)33-39)51(69)65-45(27-28-61-55(73)79-58(4,5)6)53(71)67(13)49-41-23-26-48(78-32-30-63-57(75)81-60(10,11)12)44(36-41)43-34-40(22-25-47(43)77-31-29-62-56(74)80-59(7,8)9)35-46(54(72)76-14)66-50(68)38(3)64-52(49)70/h21-26,33-34,36,38,45-46,49H,15-20,27-32,35H2,1-14H3,(H,61,73)(H,62,74)(H,63,75)(H,64,70)(H,65,69)(H,66,68)/t38-,45-,46-,49-/m0/s1. The third kappa shape index (κ3) is 22.1. The van der Waals surface area contributed by atoms with E-state index < -0.39 is 88.8 Å². The third-order valence-corrected chi connectivity index (χ3v) is 12.5. The van der Waals surface area contributed by atoms with Crippen LogP contribution >= 0.6 is 0 Å². The lowest BCUT2D eigenvalue weighted by atomic mass is 9.93. The fourth-order valence-corrected chi connectivity index (χ4v) is 8.70. The molecule has 0 saturated carbocycles. The summed E-state index contributed by atoms with van der Waals surface area (Å²) in [5.41, 5.74) is 1.20. The number of nitrogens with one attached hydrogen (secondary N) is 6. The second-order valence-corrected chi connectivity index (χ2v) is 23.1. The van der Waals surface area contributed by atoms with Gasteiger partial charge in [-0.3, -0.25) is 19.2 Å². The number of carbonyl (C=O) groups excluding carboxylic acids is 8. The van der Waals surface area contributed by atoms with E-state index in [2.05, 4.69) is 38.8 Å². The predicted octanol–water partition coefficient (Wildman–Crippen LogP) is 7.91. The van der Waals surface area contributed by atoms with Gasteiger partial charge in [0.25, 0.3) is 5.91 Å². The summed E-state index contributed by atoms with van der Waals surface area (Å²) < 4.78 is 34.0. The molecule has 81 heavy (non-hydrogen) atoms. The highest BCUT2D eigenvalue weighted by Gasteiger charge is 2.37. The molecule has 3 aromatic rings. The summed E-state index contributed by atoms with van der Waals surface area (Å²) in [6.45, 7) is 20.7. The van der Waals surface area contributed by atoms with Crippen LogP contribution in [0, 0.1) is 6.92 Å². The zero-order valence-corrected chi connectivity index (χ0v) is 49.9. The van der Waals surface area contributed by atoms with Crippen LogP contribution in [0.15, 0.2) is 54.6 Å². The minimum absolute atomic E-state index is 0.00912. The van der Waals surface area contributed by atoms with Crippen molar-refractivity contribution >= 4 is 47.9 Å². The molecule has 0 unspecified atom stereocenters. The molecule has 0 aromatic heterocycles. The van der Waals surface area contributed by atoms with Gasteiger partial charge in [0.15, 0.2) is 0 Å². The van der Waals surface area contributed by atoms with Crippen molar-refractivity contribution in [2.45, 2.75) is 175 Å². The summed E-state index contributed by atoms with van der Waals surface area (Å²) in [4.78, 5) is 111. The summed E-state index contributed by atoms with van der Waals surface area (Å²) in [5.74, 6) is -3.13. The maximum atomic E-state index is 15.2. The maximum absolute atomic E-state index is 15.2. The Bertz CT molecular complexity index is 2670. The molecule has 446 valence electrons. The quantitative estimate of drug-likeness (QED) is 0.0317. The number of methoxy groups -OCH3 is 1. The van der Waals surface area contributed by atoms with Crippen molar-refractivity contribution in [1.29, 1.82) is 0 Å².